The summed E-state index contributed by atoms with van der Waals surface area (Å²) < 4.78 is 16.1. The number of methoxy groups -OCH3 is 1. The van der Waals surface area contributed by atoms with Crippen molar-refractivity contribution in [2.75, 3.05) is 29.7 Å². The van der Waals surface area contributed by atoms with Crippen LogP contribution in [0.15, 0.2) is 0 Å². The Kier molecular flexibility index (Phi) is 12.2. The van der Waals surface area contributed by atoms with Gasteiger partial charge in [-0.3, -0.25) is 24.0 Å². The predicted octanol–water partition coefficient (Wildman–Crippen LogP) is 2.87. The van der Waals surface area contributed by atoms with Gasteiger partial charge >= 0.3 is 11.9 Å². The van der Waals surface area contributed by atoms with Crippen molar-refractivity contribution in [1.82, 2.24) is 0 Å². The van der Waals surface area contributed by atoms with E-state index in [0.29, 0.717) is 16.4 Å². The van der Waals surface area contributed by atoms with Crippen LogP contribution >= 0.6 is 67.8 Å². The van der Waals surface area contributed by atoms with Crippen LogP contribution in [0.1, 0.15) is 27.7 Å². The molecule has 1 aromatic rings. The zero-order valence-electron chi connectivity index (χ0n) is 18.3. The van der Waals surface area contributed by atoms with E-state index in [1.165, 1.54) is 34.8 Å². The van der Waals surface area contributed by atoms with Gasteiger partial charge in [0.15, 0.2) is 12.2 Å². The van der Waals surface area contributed by atoms with Crippen molar-refractivity contribution in [3.63, 3.8) is 0 Å². The second-order valence-electron chi connectivity index (χ2n) is 6.53. The monoisotopic (exact) mass is 801 g/mol. The summed E-state index contributed by atoms with van der Waals surface area (Å²) in [4.78, 5) is 59.8. The van der Waals surface area contributed by atoms with E-state index < -0.39 is 41.9 Å². The van der Waals surface area contributed by atoms with Gasteiger partial charge in [0.25, 0.3) is 11.8 Å². The lowest BCUT2D eigenvalue weighted by Gasteiger charge is -2.22. The fourth-order valence-corrected chi connectivity index (χ4v) is 6.33. The molecule has 2 unspecified atom stereocenters. The van der Waals surface area contributed by atoms with Gasteiger partial charge < -0.3 is 30.2 Å². The van der Waals surface area contributed by atoms with Gasteiger partial charge in [-0.15, -0.1) is 0 Å². The molecule has 182 valence electrons. The maximum absolute atomic E-state index is 12.6. The topological polar surface area (TPSA) is 149 Å². The number of nitrogens with one attached hydrogen (secondary N) is 3. The van der Waals surface area contributed by atoms with E-state index >= 15 is 0 Å². The largest absolute Gasteiger partial charge is 0.453 e. The Morgan fingerprint density at radius 2 is 1.06 bits per heavy atom. The van der Waals surface area contributed by atoms with Crippen LogP contribution in [-0.2, 0) is 38.2 Å². The van der Waals surface area contributed by atoms with Crippen LogP contribution in [0.3, 0.4) is 0 Å². The second-order valence-corrected chi connectivity index (χ2v) is 9.77. The SMILES string of the molecule is COCC(=O)Nc1c(I)c(NC(=O)C(C)OC(C)=O)c(I)c(NC(=O)C(C)OC(C)=O)c1I. The average molecular weight is 801 g/mol. The number of halogens is 3. The molecule has 3 N–H and O–H groups in total. The molecule has 0 radical (unpaired) electrons. The van der Waals surface area contributed by atoms with Gasteiger partial charge in [-0.2, -0.15) is 0 Å². The van der Waals surface area contributed by atoms with E-state index in [2.05, 4.69) is 16.0 Å². The minimum absolute atomic E-state index is 0.214. The van der Waals surface area contributed by atoms with Gasteiger partial charge in [0.05, 0.1) is 27.8 Å². The maximum Gasteiger partial charge on any atom is 0.303 e. The summed E-state index contributed by atoms with van der Waals surface area (Å²) in [5.74, 6) is -2.91. The quantitative estimate of drug-likeness (QED) is 0.255. The Bertz CT molecular complexity index is 907. The molecule has 0 aromatic heterocycles. The molecule has 0 saturated heterocycles. The van der Waals surface area contributed by atoms with Crippen molar-refractivity contribution < 1.29 is 38.2 Å². The molecule has 2 atom stereocenters. The Morgan fingerprint density at radius 1 is 0.727 bits per heavy atom. The van der Waals surface area contributed by atoms with Gasteiger partial charge in [0.2, 0.25) is 5.91 Å². The minimum Gasteiger partial charge on any atom is -0.453 e. The number of hydrogen-bond donors (Lipinski definition) is 3. The van der Waals surface area contributed by atoms with Crippen molar-refractivity contribution in [3.05, 3.63) is 10.7 Å². The van der Waals surface area contributed by atoms with Gasteiger partial charge in [-0.25, -0.2) is 0 Å². The molecule has 0 saturated carbocycles. The summed E-state index contributed by atoms with van der Waals surface area (Å²) >= 11 is 5.82. The first kappa shape index (κ1) is 29.8. The highest BCUT2D eigenvalue weighted by molar-refractivity contribution is 14.1. The van der Waals surface area contributed by atoms with Crippen LogP contribution in [0.5, 0.6) is 0 Å². The van der Waals surface area contributed by atoms with Crippen molar-refractivity contribution in [2.24, 2.45) is 0 Å². The highest BCUT2D eigenvalue weighted by Gasteiger charge is 2.27. The molecule has 0 aliphatic rings. The molecule has 0 fully saturated rings. The second kappa shape index (κ2) is 13.6. The number of amides is 3. The third-order valence-corrected chi connectivity index (χ3v) is 7.01. The van der Waals surface area contributed by atoms with Crippen molar-refractivity contribution in [2.45, 2.75) is 39.9 Å². The van der Waals surface area contributed by atoms with Gasteiger partial charge in [-0.1, -0.05) is 0 Å². The smallest absolute Gasteiger partial charge is 0.303 e. The molecule has 0 aliphatic carbocycles. The van der Waals surface area contributed by atoms with E-state index in [0.717, 1.165) is 0 Å². The van der Waals surface area contributed by atoms with E-state index in [-0.39, 0.29) is 18.0 Å². The lowest BCUT2D eigenvalue weighted by molar-refractivity contribution is -0.151. The fourth-order valence-electron chi connectivity index (χ4n) is 2.35. The zero-order chi connectivity index (χ0) is 25.5. The van der Waals surface area contributed by atoms with Crippen molar-refractivity contribution in [3.8, 4) is 0 Å². The number of esters is 2. The van der Waals surface area contributed by atoms with Crippen LogP contribution in [0.25, 0.3) is 0 Å². The van der Waals surface area contributed by atoms with Gasteiger partial charge in [-0.05, 0) is 81.6 Å². The van der Waals surface area contributed by atoms with Crippen LogP contribution < -0.4 is 16.0 Å². The lowest BCUT2D eigenvalue weighted by Crippen LogP contribution is -2.32. The first-order valence-corrected chi connectivity index (χ1v) is 12.5. The van der Waals surface area contributed by atoms with Gasteiger partial charge in [0, 0.05) is 21.0 Å². The summed E-state index contributed by atoms with van der Waals surface area (Å²) in [6.07, 6.45) is -2.16. The number of hydrogen-bond acceptors (Lipinski definition) is 8. The highest BCUT2D eigenvalue weighted by atomic mass is 127. The standard InChI is InChI=1S/C19H22I3N3O8/c1-7(32-9(3)26)18(29)24-16-12(20)15(23-11(28)6-31-5)13(21)17(14(16)22)25-19(30)8(2)33-10(4)27/h7-8H,6H2,1-5H3,(H,23,28)(H,24,29)(H,25,30). The number of carbonyl (C=O) groups excluding carboxylic acids is 5. The first-order valence-electron chi connectivity index (χ1n) is 9.25. The zero-order valence-corrected chi connectivity index (χ0v) is 24.7. The molecule has 0 heterocycles. The van der Waals surface area contributed by atoms with E-state index in [9.17, 15) is 24.0 Å². The van der Waals surface area contributed by atoms with E-state index in [1.54, 1.807) is 0 Å². The molecule has 11 nitrogen and oxygen atoms in total. The summed E-state index contributed by atoms with van der Waals surface area (Å²) in [7, 11) is 1.37. The molecule has 14 heteroatoms. The van der Waals surface area contributed by atoms with E-state index in [4.69, 9.17) is 14.2 Å². The molecular weight excluding hydrogens is 779 g/mol. The number of rotatable bonds is 9. The first-order chi connectivity index (χ1) is 15.3. The Hall–Kier alpha value is -1.28. The lowest BCUT2D eigenvalue weighted by atomic mass is 10.2. The average Bonchev–Trinajstić information content (AvgIpc) is 2.70. The van der Waals surface area contributed by atoms with Crippen LogP contribution in [0.2, 0.25) is 0 Å². The molecule has 3 amide bonds. The third-order valence-electron chi connectivity index (χ3n) is 3.78. The molecule has 1 rings (SSSR count). The Morgan fingerprint density at radius 3 is 1.36 bits per heavy atom. The Labute approximate surface area is 231 Å². The van der Waals surface area contributed by atoms with E-state index in [1.807, 2.05) is 67.8 Å². The molecule has 1 aromatic carbocycles. The normalized spacial score (nSPS) is 12.2. The van der Waals surface area contributed by atoms with Crippen molar-refractivity contribution in [1.29, 1.82) is 0 Å². The highest BCUT2D eigenvalue weighted by Crippen LogP contribution is 2.42. The Balaban J connectivity index is 3.50. The fraction of sp³-hybridized carbons (Fsp3) is 0.421. The minimum atomic E-state index is -1.08. The molecular formula is C19H22I3N3O8. The number of carbonyl (C=O) groups is 5. The summed E-state index contributed by atoms with van der Waals surface area (Å²) in [6, 6.07) is 0. The predicted molar refractivity (Wildman–Crippen MR) is 145 cm³/mol. The van der Waals surface area contributed by atoms with Crippen LogP contribution in [-0.4, -0.2) is 55.6 Å². The molecule has 0 spiro atoms. The third kappa shape index (κ3) is 8.78. The summed E-state index contributed by atoms with van der Waals surface area (Å²) in [5.41, 5.74) is 0.886. The number of benzene rings is 1. The summed E-state index contributed by atoms with van der Waals surface area (Å²) in [5, 5.41) is 8.06. The molecule has 0 bridgehead atoms. The van der Waals surface area contributed by atoms with Crippen molar-refractivity contribution >= 4 is 114 Å². The molecule has 0 aliphatic heterocycles. The summed E-state index contributed by atoms with van der Waals surface area (Å²) in [6.45, 7) is 4.98. The van der Waals surface area contributed by atoms with Crippen LogP contribution in [0, 0.1) is 10.7 Å². The number of ether oxygens (including phenoxy) is 3. The number of anilines is 3. The van der Waals surface area contributed by atoms with Gasteiger partial charge in [0.1, 0.15) is 6.61 Å². The maximum atomic E-state index is 12.6. The van der Waals surface area contributed by atoms with Crippen LogP contribution in [0.4, 0.5) is 17.1 Å². The molecule has 33 heavy (non-hydrogen) atoms.